The van der Waals surface area contributed by atoms with Gasteiger partial charge in [-0.25, -0.2) is 8.42 Å². The molecule has 0 aromatic heterocycles. The zero-order chi connectivity index (χ0) is 12.3. The highest BCUT2D eigenvalue weighted by molar-refractivity contribution is 8.00. The summed E-state index contributed by atoms with van der Waals surface area (Å²) < 4.78 is 22.5. The normalized spacial score (nSPS) is 13.7. The first kappa shape index (κ1) is 13.3. The predicted octanol–water partition coefficient (Wildman–Crippen LogP) is 1.15. The van der Waals surface area contributed by atoms with E-state index in [1.54, 1.807) is 6.07 Å². The SMILES string of the molecule is CC(CO)Sc1ccc(S(C)(=O)=O)cc1N. The smallest absolute Gasteiger partial charge is 0.175 e. The molecular weight excluding hydrogens is 246 g/mol. The van der Waals surface area contributed by atoms with Gasteiger partial charge in [0.25, 0.3) is 0 Å². The molecule has 0 aliphatic carbocycles. The van der Waals surface area contributed by atoms with Crippen molar-refractivity contribution in [2.24, 2.45) is 0 Å². The summed E-state index contributed by atoms with van der Waals surface area (Å²) in [5.74, 6) is 0. The predicted molar refractivity (Wildman–Crippen MR) is 66.4 cm³/mol. The molecule has 0 aliphatic heterocycles. The van der Waals surface area contributed by atoms with E-state index in [-0.39, 0.29) is 16.8 Å². The molecule has 0 saturated heterocycles. The summed E-state index contributed by atoms with van der Waals surface area (Å²) in [5.41, 5.74) is 6.18. The Morgan fingerprint density at radius 2 is 2.12 bits per heavy atom. The van der Waals surface area contributed by atoms with Crippen LogP contribution in [0.1, 0.15) is 6.92 Å². The Morgan fingerprint density at radius 3 is 2.56 bits per heavy atom. The van der Waals surface area contributed by atoms with Crippen molar-refractivity contribution in [1.29, 1.82) is 0 Å². The van der Waals surface area contributed by atoms with Gasteiger partial charge < -0.3 is 10.8 Å². The molecule has 3 N–H and O–H groups in total. The van der Waals surface area contributed by atoms with Gasteiger partial charge in [0.05, 0.1) is 11.5 Å². The summed E-state index contributed by atoms with van der Waals surface area (Å²) in [4.78, 5) is 1.000. The second-order valence-electron chi connectivity index (χ2n) is 3.58. The number of hydrogen-bond donors (Lipinski definition) is 2. The third-order valence-electron chi connectivity index (χ3n) is 1.99. The van der Waals surface area contributed by atoms with Crippen LogP contribution in [0.3, 0.4) is 0 Å². The number of aliphatic hydroxyl groups is 1. The van der Waals surface area contributed by atoms with Crippen LogP contribution in [0.15, 0.2) is 28.0 Å². The zero-order valence-corrected chi connectivity index (χ0v) is 10.8. The van der Waals surface area contributed by atoms with Crippen molar-refractivity contribution in [3.63, 3.8) is 0 Å². The van der Waals surface area contributed by atoms with Crippen LogP contribution >= 0.6 is 11.8 Å². The molecule has 1 atom stereocenters. The number of sulfone groups is 1. The molecule has 0 fully saturated rings. The molecule has 90 valence electrons. The van der Waals surface area contributed by atoms with E-state index in [1.165, 1.54) is 23.9 Å². The number of benzene rings is 1. The van der Waals surface area contributed by atoms with Crippen molar-refractivity contribution in [2.75, 3.05) is 18.6 Å². The maximum absolute atomic E-state index is 11.3. The van der Waals surface area contributed by atoms with Gasteiger partial charge in [0.2, 0.25) is 0 Å². The molecule has 1 aromatic carbocycles. The lowest BCUT2D eigenvalue weighted by Gasteiger charge is -2.10. The van der Waals surface area contributed by atoms with Crippen molar-refractivity contribution in [2.45, 2.75) is 22.0 Å². The number of anilines is 1. The number of thioether (sulfide) groups is 1. The molecule has 16 heavy (non-hydrogen) atoms. The van der Waals surface area contributed by atoms with Crippen molar-refractivity contribution in [3.8, 4) is 0 Å². The van der Waals surface area contributed by atoms with Gasteiger partial charge in [0.1, 0.15) is 0 Å². The Labute approximate surface area is 99.8 Å². The summed E-state index contributed by atoms with van der Waals surface area (Å²) in [6.07, 6.45) is 1.14. The minimum absolute atomic E-state index is 0.0337. The third kappa shape index (κ3) is 3.40. The summed E-state index contributed by atoms with van der Waals surface area (Å²) in [6.45, 7) is 1.92. The lowest BCUT2D eigenvalue weighted by atomic mass is 10.3. The van der Waals surface area contributed by atoms with Crippen LogP contribution in [-0.2, 0) is 9.84 Å². The van der Waals surface area contributed by atoms with Crippen LogP contribution in [0.5, 0.6) is 0 Å². The quantitative estimate of drug-likeness (QED) is 0.627. The number of hydrogen-bond acceptors (Lipinski definition) is 5. The highest BCUT2D eigenvalue weighted by atomic mass is 32.2. The van der Waals surface area contributed by atoms with Gasteiger partial charge in [-0.2, -0.15) is 0 Å². The minimum atomic E-state index is -3.21. The van der Waals surface area contributed by atoms with Crippen molar-refractivity contribution in [1.82, 2.24) is 0 Å². The highest BCUT2D eigenvalue weighted by Crippen LogP contribution is 2.30. The molecule has 0 radical (unpaired) electrons. The van der Waals surface area contributed by atoms with Crippen LogP contribution < -0.4 is 5.73 Å². The molecule has 0 spiro atoms. The molecular formula is C10H15NO3S2. The fraction of sp³-hybridized carbons (Fsp3) is 0.400. The first-order valence-corrected chi connectivity index (χ1v) is 7.49. The molecule has 0 amide bonds. The zero-order valence-electron chi connectivity index (χ0n) is 9.17. The largest absolute Gasteiger partial charge is 0.398 e. The highest BCUT2D eigenvalue weighted by Gasteiger charge is 2.11. The van der Waals surface area contributed by atoms with Gasteiger partial charge in [-0.15, -0.1) is 11.8 Å². The van der Waals surface area contributed by atoms with Gasteiger partial charge in [-0.3, -0.25) is 0 Å². The van der Waals surface area contributed by atoms with Crippen molar-refractivity contribution >= 4 is 27.3 Å². The van der Waals surface area contributed by atoms with Crippen molar-refractivity contribution in [3.05, 3.63) is 18.2 Å². The second-order valence-corrected chi connectivity index (χ2v) is 7.08. The van der Waals surface area contributed by atoms with Gasteiger partial charge in [-0.05, 0) is 18.2 Å². The van der Waals surface area contributed by atoms with E-state index in [4.69, 9.17) is 10.8 Å². The molecule has 0 aliphatic rings. The first-order chi connectivity index (χ1) is 7.34. The third-order valence-corrected chi connectivity index (χ3v) is 4.28. The maximum atomic E-state index is 11.3. The molecule has 1 unspecified atom stereocenters. The average Bonchev–Trinajstić information content (AvgIpc) is 2.19. The average molecular weight is 261 g/mol. The number of nitrogen functional groups attached to an aromatic ring is 1. The lowest BCUT2D eigenvalue weighted by molar-refractivity contribution is 0.300. The summed E-state index contributed by atoms with van der Waals surface area (Å²) >= 11 is 1.42. The Kier molecular flexibility index (Phi) is 4.23. The molecule has 0 bridgehead atoms. The first-order valence-electron chi connectivity index (χ1n) is 4.71. The van der Waals surface area contributed by atoms with Gasteiger partial charge in [0.15, 0.2) is 9.84 Å². The van der Waals surface area contributed by atoms with E-state index in [0.717, 1.165) is 11.2 Å². The van der Waals surface area contributed by atoms with Crippen LogP contribution in [0, 0.1) is 0 Å². The summed E-state index contributed by atoms with van der Waals surface area (Å²) in [5, 5.41) is 8.95. The topological polar surface area (TPSA) is 80.4 Å². The van der Waals surface area contributed by atoms with Gasteiger partial charge in [-0.1, -0.05) is 6.92 Å². The maximum Gasteiger partial charge on any atom is 0.175 e. The standard InChI is InChI=1S/C10H15NO3S2/c1-7(6-12)15-10-4-3-8(5-9(10)11)16(2,13)14/h3-5,7,12H,6,11H2,1-2H3. The second kappa shape index (κ2) is 5.07. The fourth-order valence-electron chi connectivity index (χ4n) is 1.12. The molecule has 1 aromatic rings. The fourth-order valence-corrected chi connectivity index (χ4v) is 2.62. The molecule has 6 heteroatoms. The van der Waals surface area contributed by atoms with Crippen LogP contribution in [0.4, 0.5) is 5.69 Å². The monoisotopic (exact) mass is 261 g/mol. The Hall–Kier alpha value is -0.720. The minimum Gasteiger partial charge on any atom is -0.398 e. The lowest BCUT2D eigenvalue weighted by Crippen LogP contribution is -2.04. The summed E-state index contributed by atoms with van der Waals surface area (Å²) in [6, 6.07) is 4.64. The van der Waals surface area contributed by atoms with E-state index >= 15 is 0 Å². The van der Waals surface area contributed by atoms with E-state index in [2.05, 4.69) is 0 Å². The number of nitrogens with two attached hydrogens (primary N) is 1. The van der Waals surface area contributed by atoms with E-state index < -0.39 is 9.84 Å². The van der Waals surface area contributed by atoms with E-state index in [9.17, 15) is 8.42 Å². The summed E-state index contributed by atoms with van der Waals surface area (Å²) in [7, 11) is -3.21. The number of aliphatic hydroxyl groups excluding tert-OH is 1. The Morgan fingerprint density at radius 1 is 1.50 bits per heavy atom. The van der Waals surface area contributed by atoms with Crippen LogP contribution in [-0.4, -0.2) is 31.6 Å². The number of rotatable bonds is 4. The molecule has 0 heterocycles. The van der Waals surface area contributed by atoms with Crippen LogP contribution in [0.2, 0.25) is 0 Å². The Bertz CT molecular complexity index is 471. The molecule has 4 nitrogen and oxygen atoms in total. The molecule has 1 rings (SSSR count). The van der Waals surface area contributed by atoms with E-state index in [1.807, 2.05) is 6.92 Å². The van der Waals surface area contributed by atoms with E-state index in [0.29, 0.717) is 5.69 Å². The van der Waals surface area contributed by atoms with Crippen molar-refractivity contribution < 1.29 is 13.5 Å². The van der Waals surface area contributed by atoms with Gasteiger partial charge >= 0.3 is 0 Å². The van der Waals surface area contributed by atoms with Gasteiger partial charge in [0, 0.05) is 22.1 Å². The Balaban J connectivity index is 3.01. The van der Waals surface area contributed by atoms with Crippen LogP contribution in [0.25, 0.3) is 0 Å². The molecule has 0 saturated carbocycles.